The number of benzene rings is 2. The summed E-state index contributed by atoms with van der Waals surface area (Å²) in [6.45, 7) is 0. The van der Waals surface area contributed by atoms with Crippen molar-refractivity contribution in [1.29, 1.82) is 0 Å². The van der Waals surface area contributed by atoms with Gasteiger partial charge in [0.1, 0.15) is 0 Å². The van der Waals surface area contributed by atoms with E-state index in [9.17, 15) is 0 Å². The quantitative estimate of drug-likeness (QED) is 0.586. The molecule has 2 unspecified atom stereocenters. The highest BCUT2D eigenvalue weighted by Gasteiger charge is 2.20. The van der Waals surface area contributed by atoms with Crippen molar-refractivity contribution in [2.75, 3.05) is 0 Å². The Morgan fingerprint density at radius 2 is 1.00 bits per heavy atom. The molecule has 0 N–H and O–H groups in total. The molecule has 1 fully saturated rings. The van der Waals surface area contributed by atoms with Crippen LogP contribution in [0.4, 0.5) is 0 Å². The van der Waals surface area contributed by atoms with E-state index in [0.29, 0.717) is 10.5 Å². The molecule has 2 heteroatoms. The summed E-state index contributed by atoms with van der Waals surface area (Å²) >= 11 is 0. The van der Waals surface area contributed by atoms with Gasteiger partial charge in [0.05, 0.1) is 0 Å². The predicted molar refractivity (Wildman–Crippen MR) is 92.0 cm³/mol. The van der Waals surface area contributed by atoms with E-state index in [2.05, 4.69) is 82.3 Å². The maximum Gasteiger partial charge on any atom is 0.0401 e. The van der Waals surface area contributed by atoms with Gasteiger partial charge in [-0.05, 0) is 24.0 Å². The summed E-state index contributed by atoms with van der Waals surface area (Å²) in [5, 5.41) is 1.29. The Kier molecular flexibility index (Phi) is 5.10. The van der Waals surface area contributed by atoms with E-state index < -0.39 is 0 Å². The number of hydrogen-bond donors (Lipinski definition) is 0. The van der Waals surface area contributed by atoms with Crippen molar-refractivity contribution in [2.24, 2.45) is 0 Å². The van der Waals surface area contributed by atoms with Crippen molar-refractivity contribution in [3.8, 4) is 0 Å². The minimum absolute atomic E-state index is 0.646. The van der Waals surface area contributed by atoms with Crippen LogP contribution in [0.1, 0.15) is 47.3 Å². The van der Waals surface area contributed by atoms with Gasteiger partial charge in [0.2, 0.25) is 0 Å². The second-order valence-electron chi connectivity index (χ2n) is 5.28. The van der Waals surface area contributed by atoms with Crippen molar-refractivity contribution in [3.05, 3.63) is 71.8 Å². The first kappa shape index (κ1) is 14.1. The Bertz CT molecular complexity index is 460. The van der Waals surface area contributed by atoms with E-state index >= 15 is 0 Å². The average Bonchev–Trinajstić information content (AvgIpc) is 2.49. The van der Waals surface area contributed by atoms with Crippen LogP contribution < -0.4 is 0 Å². The topological polar surface area (TPSA) is 0 Å². The molecular weight excluding hydrogens is 280 g/mol. The van der Waals surface area contributed by atoms with E-state index in [1.165, 1.54) is 36.8 Å². The molecule has 0 amide bonds. The first-order valence-electron chi connectivity index (χ1n) is 7.35. The lowest BCUT2D eigenvalue weighted by Crippen LogP contribution is -2.00. The lowest BCUT2D eigenvalue weighted by Gasteiger charge is -2.24. The van der Waals surface area contributed by atoms with Crippen LogP contribution in [0.3, 0.4) is 0 Å². The molecule has 0 radical (unpaired) electrons. The molecule has 0 bridgehead atoms. The summed E-state index contributed by atoms with van der Waals surface area (Å²) in [5.74, 6) is 0. The molecule has 20 heavy (non-hydrogen) atoms. The fourth-order valence-electron chi connectivity index (χ4n) is 2.67. The summed E-state index contributed by atoms with van der Waals surface area (Å²) in [6, 6.07) is 22.0. The van der Waals surface area contributed by atoms with Crippen LogP contribution >= 0.6 is 21.6 Å². The Hall–Kier alpha value is -0.860. The molecule has 0 saturated carbocycles. The van der Waals surface area contributed by atoms with Gasteiger partial charge in [-0.15, -0.1) is 0 Å². The molecule has 2 atom stereocenters. The lowest BCUT2D eigenvalue weighted by molar-refractivity contribution is 0.627. The second kappa shape index (κ2) is 7.24. The minimum atomic E-state index is 0.646. The van der Waals surface area contributed by atoms with Crippen LogP contribution in [0.15, 0.2) is 60.7 Å². The van der Waals surface area contributed by atoms with Gasteiger partial charge in [0.15, 0.2) is 0 Å². The molecule has 3 rings (SSSR count). The minimum Gasteiger partial charge on any atom is -0.0853 e. The fourth-order valence-corrected chi connectivity index (χ4v) is 6.05. The molecule has 2 aromatic rings. The van der Waals surface area contributed by atoms with E-state index in [4.69, 9.17) is 0 Å². The van der Waals surface area contributed by atoms with Crippen LogP contribution in [-0.4, -0.2) is 0 Å². The van der Waals surface area contributed by atoms with Crippen molar-refractivity contribution in [2.45, 2.75) is 36.2 Å². The van der Waals surface area contributed by atoms with Crippen LogP contribution in [0.25, 0.3) is 0 Å². The van der Waals surface area contributed by atoms with E-state index in [-0.39, 0.29) is 0 Å². The molecule has 0 aliphatic carbocycles. The van der Waals surface area contributed by atoms with Crippen molar-refractivity contribution in [1.82, 2.24) is 0 Å². The van der Waals surface area contributed by atoms with Crippen LogP contribution in [0.2, 0.25) is 0 Å². The Labute approximate surface area is 129 Å². The highest BCUT2D eigenvalue weighted by atomic mass is 33.1. The van der Waals surface area contributed by atoms with Crippen molar-refractivity contribution < 1.29 is 0 Å². The molecular formula is C18H20S2. The zero-order valence-corrected chi connectivity index (χ0v) is 13.2. The monoisotopic (exact) mass is 300 g/mol. The van der Waals surface area contributed by atoms with Gasteiger partial charge in [-0.2, -0.15) is 0 Å². The third-order valence-corrected chi connectivity index (χ3v) is 7.13. The SMILES string of the molecule is c1ccc(C2CCCCC(c3ccccc3)SS2)cc1. The normalized spacial score (nSPS) is 23.8. The first-order valence-corrected chi connectivity index (χ1v) is 9.63. The molecule has 104 valence electrons. The van der Waals surface area contributed by atoms with Gasteiger partial charge >= 0.3 is 0 Å². The van der Waals surface area contributed by atoms with Crippen molar-refractivity contribution in [3.63, 3.8) is 0 Å². The largest absolute Gasteiger partial charge is 0.0853 e. The van der Waals surface area contributed by atoms with Gasteiger partial charge in [0, 0.05) is 10.5 Å². The van der Waals surface area contributed by atoms with Gasteiger partial charge < -0.3 is 0 Å². The third-order valence-electron chi connectivity index (χ3n) is 3.81. The third kappa shape index (κ3) is 3.62. The predicted octanol–water partition coefficient (Wildman–Crippen LogP) is 6.42. The zero-order valence-electron chi connectivity index (χ0n) is 11.6. The molecule has 0 nitrogen and oxygen atoms in total. The Balaban J connectivity index is 1.70. The summed E-state index contributed by atoms with van der Waals surface area (Å²) in [4.78, 5) is 0. The molecule has 1 heterocycles. The molecule has 0 spiro atoms. The van der Waals surface area contributed by atoms with Gasteiger partial charge in [-0.1, -0.05) is 95.1 Å². The average molecular weight is 300 g/mol. The Morgan fingerprint density at radius 3 is 1.40 bits per heavy atom. The van der Waals surface area contributed by atoms with E-state index in [1.54, 1.807) is 0 Å². The van der Waals surface area contributed by atoms with Crippen LogP contribution in [0, 0.1) is 0 Å². The van der Waals surface area contributed by atoms with Crippen LogP contribution in [-0.2, 0) is 0 Å². The molecule has 0 aromatic heterocycles. The summed E-state index contributed by atoms with van der Waals surface area (Å²) in [5.41, 5.74) is 2.97. The molecule has 2 aromatic carbocycles. The van der Waals surface area contributed by atoms with E-state index in [1.807, 2.05) is 0 Å². The highest BCUT2D eigenvalue weighted by molar-refractivity contribution is 8.76. The van der Waals surface area contributed by atoms with Gasteiger partial charge in [0.25, 0.3) is 0 Å². The smallest absolute Gasteiger partial charge is 0.0401 e. The molecule has 1 aliphatic heterocycles. The summed E-state index contributed by atoms with van der Waals surface area (Å²) in [6.07, 6.45) is 5.30. The molecule has 1 aliphatic rings. The second-order valence-corrected chi connectivity index (χ2v) is 7.95. The maximum atomic E-state index is 2.28. The Morgan fingerprint density at radius 1 is 0.600 bits per heavy atom. The molecule has 1 saturated heterocycles. The van der Waals surface area contributed by atoms with Gasteiger partial charge in [-0.3, -0.25) is 0 Å². The standard InChI is InChI=1S/C18H20S2/c1-3-9-15(10-4-1)17-13-7-8-14-18(20-19-17)16-11-5-2-6-12-16/h1-6,9-12,17-18H,7-8,13-14H2. The van der Waals surface area contributed by atoms with E-state index in [0.717, 1.165) is 0 Å². The zero-order chi connectivity index (χ0) is 13.6. The first-order chi connectivity index (χ1) is 9.93. The lowest BCUT2D eigenvalue weighted by atomic mass is 10.0. The van der Waals surface area contributed by atoms with Crippen molar-refractivity contribution >= 4 is 21.6 Å². The highest BCUT2D eigenvalue weighted by Crippen LogP contribution is 2.51. The number of hydrogen-bond acceptors (Lipinski definition) is 2. The summed E-state index contributed by atoms with van der Waals surface area (Å²) < 4.78 is 0. The maximum absolute atomic E-state index is 2.28. The fraction of sp³-hybridized carbons (Fsp3) is 0.333. The summed E-state index contributed by atoms with van der Waals surface area (Å²) in [7, 11) is 4.14. The number of rotatable bonds is 2. The van der Waals surface area contributed by atoms with Crippen LogP contribution in [0.5, 0.6) is 0 Å². The van der Waals surface area contributed by atoms with Gasteiger partial charge in [-0.25, -0.2) is 0 Å².